The van der Waals surface area contributed by atoms with E-state index < -0.39 is 5.97 Å². The Hall–Kier alpha value is -0.790. The number of allylic oxidation sites excluding steroid dienone is 2. The van der Waals surface area contributed by atoms with E-state index in [0.717, 1.165) is 12.8 Å². The van der Waals surface area contributed by atoms with Crippen LogP contribution in [0.3, 0.4) is 0 Å². The summed E-state index contributed by atoms with van der Waals surface area (Å²) in [5.41, 5.74) is 0. The van der Waals surface area contributed by atoms with Gasteiger partial charge in [0.15, 0.2) is 0 Å². The average Bonchev–Trinajstić information content (AvgIpc) is 2.97. The lowest BCUT2D eigenvalue weighted by Crippen LogP contribution is -1.93. The number of carbonyl (C=O) groups is 1. The van der Waals surface area contributed by atoms with Crippen LogP contribution in [0, 0.1) is 0 Å². The summed E-state index contributed by atoms with van der Waals surface area (Å²) in [5.74, 6) is -0.661. The lowest BCUT2D eigenvalue weighted by atomic mass is 10.0. The van der Waals surface area contributed by atoms with Crippen LogP contribution in [0.25, 0.3) is 0 Å². The molecule has 0 aromatic rings. The van der Waals surface area contributed by atoms with Crippen molar-refractivity contribution in [3.05, 3.63) is 12.2 Å². The average molecular weight is 579 g/mol. The van der Waals surface area contributed by atoms with Crippen LogP contribution in [0.15, 0.2) is 12.2 Å². The maximum Gasteiger partial charge on any atom is 0.303 e. The molecule has 0 saturated carbocycles. The Bertz CT molecular complexity index is 466. The zero-order valence-electron chi connectivity index (χ0n) is 28.8. The Labute approximate surface area is 260 Å². The minimum absolute atomic E-state index is 0.336. The molecule has 1 N–H and O–H groups in total. The predicted octanol–water partition coefficient (Wildman–Crippen LogP) is 14.5. The van der Waals surface area contributed by atoms with Gasteiger partial charge in [0, 0.05) is 6.42 Å². The summed E-state index contributed by atoms with van der Waals surface area (Å²) in [5, 5.41) is 8.51. The van der Waals surface area contributed by atoms with Crippen molar-refractivity contribution in [3.8, 4) is 0 Å². The highest BCUT2D eigenvalue weighted by atomic mass is 16.4. The van der Waals surface area contributed by atoms with Crippen molar-refractivity contribution in [1.29, 1.82) is 0 Å². The quantitative estimate of drug-likeness (QED) is 0.0621. The van der Waals surface area contributed by atoms with Crippen molar-refractivity contribution in [2.45, 2.75) is 233 Å². The number of carboxylic acid groups (broad SMARTS) is 1. The molecule has 0 amide bonds. The first kappa shape index (κ1) is 42.3. The van der Waals surface area contributed by atoms with Crippen LogP contribution in [-0.2, 0) is 4.79 Å². The second-order valence-electron chi connectivity index (χ2n) is 12.7. The molecule has 0 radical (unpaired) electrons. The maximum absolute atomic E-state index is 10.3. The van der Waals surface area contributed by atoms with E-state index in [1.807, 2.05) is 0 Å². The lowest BCUT2D eigenvalue weighted by molar-refractivity contribution is -0.137. The molecule has 2 nitrogen and oxygen atoms in total. The van der Waals surface area contributed by atoms with Crippen LogP contribution >= 0.6 is 0 Å². The highest BCUT2D eigenvalue weighted by molar-refractivity contribution is 5.66. The molecule has 0 unspecified atom stereocenters. The van der Waals surface area contributed by atoms with Gasteiger partial charge < -0.3 is 5.11 Å². The summed E-state index contributed by atoms with van der Waals surface area (Å²) in [7, 11) is 0. The van der Waals surface area contributed by atoms with Gasteiger partial charge in [0.05, 0.1) is 0 Å². The second-order valence-corrected chi connectivity index (χ2v) is 12.7. The molecule has 0 bridgehead atoms. The summed E-state index contributed by atoms with van der Waals surface area (Å²) in [6.07, 6.45) is 49.1. The van der Waals surface area contributed by atoms with E-state index in [4.69, 9.17) is 5.11 Å². The van der Waals surface area contributed by atoms with Crippen LogP contribution in [0.2, 0.25) is 0 Å². The first-order valence-electron chi connectivity index (χ1n) is 19.1. The Kier molecular flexibility index (Phi) is 42.7. The van der Waals surface area contributed by atoms with Crippen LogP contribution in [-0.4, -0.2) is 11.1 Å². The van der Waals surface area contributed by atoms with Crippen molar-refractivity contribution >= 4 is 5.97 Å². The highest BCUT2D eigenvalue weighted by Crippen LogP contribution is 2.15. The van der Waals surface area contributed by atoms with E-state index in [0.29, 0.717) is 6.42 Å². The summed E-state index contributed by atoms with van der Waals surface area (Å²) in [6, 6.07) is 0. The maximum atomic E-state index is 10.3. The van der Waals surface area contributed by atoms with Gasteiger partial charge in [-0.15, -0.1) is 0 Å². The topological polar surface area (TPSA) is 37.3 Å². The van der Waals surface area contributed by atoms with Crippen molar-refractivity contribution in [1.82, 2.24) is 0 Å². The highest BCUT2D eigenvalue weighted by Gasteiger charge is 1.97. The fraction of sp³-hybridized carbons (Fsp3) is 0.923. The number of hydrogen-bond donors (Lipinski definition) is 1. The van der Waals surface area contributed by atoms with Gasteiger partial charge >= 0.3 is 5.97 Å². The molecule has 0 fully saturated rings. The summed E-state index contributed by atoms with van der Waals surface area (Å²) >= 11 is 0. The molecular weight excluding hydrogens is 500 g/mol. The zero-order chi connectivity index (χ0) is 30.3. The minimum atomic E-state index is -0.661. The number of aliphatic carboxylic acids is 1. The van der Waals surface area contributed by atoms with Gasteiger partial charge in [-0.2, -0.15) is 0 Å². The van der Waals surface area contributed by atoms with Gasteiger partial charge in [0.1, 0.15) is 0 Å². The summed E-state index contributed by atoms with van der Waals surface area (Å²) in [6.45, 7) is 6.85. The third-order valence-electron chi connectivity index (χ3n) is 8.36. The fourth-order valence-corrected chi connectivity index (χ4v) is 5.50. The molecule has 0 aliphatic heterocycles. The number of rotatable bonds is 33. The number of unbranched alkanes of at least 4 members (excludes halogenated alkanes) is 29. The molecule has 0 rings (SSSR count). The van der Waals surface area contributed by atoms with Crippen molar-refractivity contribution in [3.63, 3.8) is 0 Å². The molecular formula is C39H78O2. The molecule has 0 aromatic heterocycles. The third kappa shape index (κ3) is 46.4. The Balaban J connectivity index is 0. The van der Waals surface area contributed by atoms with E-state index in [9.17, 15) is 4.79 Å². The van der Waals surface area contributed by atoms with Gasteiger partial charge in [0.25, 0.3) is 0 Å². The van der Waals surface area contributed by atoms with E-state index in [-0.39, 0.29) is 0 Å². The van der Waals surface area contributed by atoms with E-state index in [1.54, 1.807) is 0 Å². The van der Waals surface area contributed by atoms with Gasteiger partial charge in [-0.05, 0) is 32.1 Å². The molecule has 2 heteroatoms. The van der Waals surface area contributed by atoms with Gasteiger partial charge in [-0.25, -0.2) is 0 Å². The fourth-order valence-electron chi connectivity index (χ4n) is 5.50. The Morgan fingerprint density at radius 2 is 0.585 bits per heavy atom. The molecule has 0 aliphatic carbocycles. The van der Waals surface area contributed by atoms with Crippen LogP contribution in [0.5, 0.6) is 0 Å². The van der Waals surface area contributed by atoms with Gasteiger partial charge in [0.2, 0.25) is 0 Å². The van der Waals surface area contributed by atoms with Crippen LogP contribution < -0.4 is 0 Å². The number of hydrogen-bond acceptors (Lipinski definition) is 1. The predicted molar refractivity (Wildman–Crippen MR) is 186 cm³/mol. The summed E-state index contributed by atoms with van der Waals surface area (Å²) in [4.78, 5) is 10.3. The molecule has 0 heterocycles. The second kappa shape index (κ2) is 41.3. The molecule has 246 valence electrons. The molecule has 0 aromatic carbocycles. The molecule has 0 aliphatic rings. The summed E-state index contributed by atoms with van der Waals surface area (Å²) < 4.78 is 0. The molecule has 0 atom stereocenters. The van der Waals surface area contributed by atoms with Crippen molar-refractivity contribution < 1.29 is 9.90 Å². The standard InChI is InChI=1S/C21H44.C18H34O2/c1-3-5-7-9-11-13-15-17-19-21-20-18-16-14-12-10-8-6-4-2;1-2-3-4-5-6-7-8-9-10-11-12-13-14-15-16-17-18(19)20/h3-21H2,1-2H3;7-8H,2-6,9-17H2,1H3,(H,19,20)/b;8-7+. The zero-order valence-corrected chi connectivity index (χ0v) is 28.8. The van der Waals surface area contributed by atoms with Crippen LogP contribution in [0.1, 0.15) is 233 Å². The van der Waals surface area contributed by atoms with Crippen molar-refractivity contribution in [2.75, 3.05) is 0 Å². The molecule has 0 saturated heterocycles. The first-order chi connectivity index (χ1) is 20.2. The Morgan fingerprint density at radius 3 is 0.854 bits per heavy atom. The normalized spacial score (nSPS) is 11.2. The van der Waals surface area contributed by atoms with E-state index in [2.05, 4.69) is 32.9 Å². The largest absolute Gasteiger partial charge is 0.481 e. The third-order valence-corrected chi connectivity index (χ3v) is 8.36. The van der Waals surface area contributed by atoms with Gasteiger partial charge in [-0.1, -0.05) is 206 Å². The smallest absolute Gasteiger partial charge is 0.303 e. The minimum Gasteiger partial charge on any atom is -0.481 e. The van der Waals surface area contributed by atoms with E-state index >= 15 is 0 Å². The van der Waals surface area contributed by atoms with Crippen molar-refractivity contribution in [2.24, 2.45) is 0 Å². The molecule has 41 heavy (non-hydrogen) atoms. The first-order valence-corrected chi connectivity index (χ1v) is 19.1. The SMILES string of the molecule is CCCCCC/C=C/CCCCCCCCCC(=O)O.CCCCCCCCCCCCCCCCCCCCC. The monoisotopic (exact) mass is 579 g/mol. The lowest BCUT2D eigenvalue weighted by Gasteiger charge is -2.03. The van der Waals surface area contributed by atoms with E-state index in [1.165, 1.54) is 193 Å². The van der Waals surface area contributed by atoms with Gasteiger partial charge in [-0.3, -0.25) is 4.79 Å². The number of carboxylic acids is 1. The Morgan fingerprint density at radius 1 is 0.366 bits per heavy atom. The van der Waals surface area contributed by atoms with Crippen LogP contribution in [0.4, 0.5) is 0 Å². The molecule has 0 spiro atoms.